The molecule has 0 aliphatic carbocycles. The molecule has 0 atom stereocenters. The largest absolute Gasteiger partial charge is 0.305 e. The van der Waals surface area contributed by atoms with Crippen molar-refractivity contribution < 1.29 is 20.1 Å². The summed E-state index contributed by atoms with van der Waals surface area (Å²) in [5.41, 5.74) is 6.84. The van der Waals surface area contributed by atoms with E-state index in [4.69, 9.17) is 0 Å². The van der Waals surface area contributed by atoms with Crippen LogP contribution in [0.1, 0.15) is 26.5 Å². The van der Waals surface area contributed by atoms with Gasteiger partial charge in [0, 0.05) is 31.9 Å². The molecule has 0 amide bonds. The van der Waals surface area contributed by atoms with Crippen LogP contribution < -0.4 is 0 Å². The van der Waals surface area contributed by atoms with Crippen molar-refractivity contribution >= 4 is 0 Å². The molecule has 35 heavy (non-hydrogen) atoms. The van der Waals surface area contributed by atoms with Crippen LogP contribution in [-0.2, 0) is 26.5 Å². The summed E-state index contributed by atoms with van der Waals surface area (Å²) in [6.07, 6.45) is 4.72. The van der Waals surface area contributed by atoms with E-state index in [0.717, 1.165) is 23.4 Å². The van der Waals surface area contributed by atoms with Crippen LogP contribution in [0.5, 0.6) is 0 Å². The second-order valence-corrected chi connectivity index (χ2v) is 9.26. The fourth-order valence-corrected chi connectivity index (χ4v) is 3.70. The summed E-state index contributed by atoms with van der Waals surface area (Å²) in [4.78, 5) is 4.22. The summed E-state index contributed by atoms with van der Waals surface area (Å²) < 4.78 is 2.02. The summed E-state index contributed by atoms with van der Waals surface area (Å²) in [5, 5.41) is 4.63. The number of hydrogen-bond donors (Lipinski definition) is 0. The Morgan fingerprint density at radius 2 is 1.46 bits per heavy atom. The van der Waals surface area contributed by atoms with E-state index >= 15 is 0 Å². The third-order valence-electron chi connectivity index (χ3n) is 5.22. The Morgan fingerprint density at radius 3 is 2.06 bits per heavy atom. The molecule has 0 fully saturated rings. The second-order valence-electron chi connectivity index (χ2n) is 9.26. The van der Waals surface area contributed by atoms with Gasteiger partial charge in [-0.05, 0) is 34.8 Å². The fraction of sp³-hybridized carbons (Fsp3) is 0.161. The summed E-state index contributed by atoms with van der Waals surface area (Å²) >= 11 is 0. The predicted octanol–water partition coefficient (Wildman–Crippen LogP) is 7.47. The summed E-state index contributed by atoms with van der Waals surface area (Å²) in [7, 11) is 0. The molecule has 2 aromatic heterocycles. The minimum Gasteiger partial charge on any atom is -0.305 e. The van der Waals surface area contributed by atoms with Gasteiger partial charge in [0.1, 0.15) is 0 Å². The maximum atomic E-state index is 4.63. The van der Waals surface area contributed by atoms with Gasteiger partial charge in [0.15, 0.2) is 0 Å². The molecule has 5 rings (SSSR count). The van der Waals surface area contributed by atoms with Crippen LogP contribution in [0.4, 0.5) is 0 Å². The van der Waals surface area contributed by atoms with Gasteiger partial charge in [0.05, 0.1) is 11.9 Å². The van der Waals surface area contributed by atoms with E-state index < -0.39 is 0 Å². The van der Waals surface area contributed by atoms with E-state index in [1.165, 1.54) is 16.8 Å². The standard InChI is InChI=1S/C20H21N2.C11H8N.Ir/c1-20(2,3)14-19-18(16-10-6-4-7-11-16)15-21-22(19)17-12-8-5-9-13-17;1-2-6-10(7-3-1)11-8-4-5-9-12-11;/h4-12,15H,14H2,1-3H3;1-6,8-9H;/q2*-1;. The van der Waals surface area contributed by atoms with Gasteiger partial charge in [-0.25, -0.2) is 0 Å². The first-order valence-electron chi connectivity index (χ1n) is 11.5. The van der Waals surface area contributed by atoms with Gasteiger partial charge in [-0.1, -0.05) is 63.2 Å². The quantitative estimate of drug-likeness (QED) is 0.192. The zero-order valence-electron chi connectivity index (χ0n) is 20.3. The van der Waals surface area contributed by atoms with Crippen LogP contribution in [0.3, 0.4) is 0 Å². The predicted molar refractivity (Wildman–Crippen MR) is 140 cm³/mol. The van der Waals surface area contributed by atoms with Gasteiger partial charge in [-0.2, -0.15) is 29.4 Å². The first-order valence-corrected chi connectivity index (χ1v) is 11.5. The molecule has 3 nitrogen and oxygen atoms in total. The molecule has 3 aromatic carbocycles. The third kappa shape index (κ3) is 7.32. The molecular formula is C31H29IrN3-2. The van der Waals surface area contributed by atoms with Crippen molar-refractivity contribution in [1.29, 1.82) is 0 Å². The normalized spacial score (nSPS) is 10.6. The average Bonchev–Trinajstić information content (AvgIpc) is 3.28. The molecule has 1 radical (unpaired) electrons. The first-order chi connectivity index (χ1) is 16.5. The van der Waals surface area contributed by atoms with E-state index in [1.807, 2.05) is 83.7 Å². The molecule has 179 valence electrons. The number of para-hydroxylation sites is 1. The van der Waals surface area contributed by atoms with Gasteiger partial charge in [-0.15, -0.1) is 42.0 Å². The Labute approximate surface area is 222 Å². The topological polar surface area (TPSA) is 30.7 Å². The minimum absolute atomic E-state index is 0. The van der Waals surface area contributed by atoms with Gasteiger partial charge < -0.3 is 4.98 Å². The molecule has 0 aliphatic rings. The molecule has 0 aliphatic heterocycles. The molecular weight excluding hydrogens is 607 g/mol. The number of rotatable bonds is 4. The Hall–Kier alpha value is -3.33. The molecule has 0 saturated heterocycles. The van der Waals surface area contributed by atoms with Crippen LogP contribution >= 0.6 is 0 Å². The van der Waals surface area contributed by atoms with Crippen molar-refractivity contribution in [2.24, 2.45) is 5.41 Å². The van der Waals surface area contributed by atoms with Gasteiger partial charge in [-0.3, -0.25) is 4.68 Å². The Balaban J connectivity index is 0.000000223. The Kier molecular flexibility index (Phi) is 9.31. The third-order valence-corrected chi connectivity index (χ3v) is 5.22. The van der Waals surface area contributed by atoms with Crippen molar-refractivity contribution in [3.63, 3.8) is 0 Å². The molecule has 0 unspecified atom stereocenters. The molecule has 2 heterocycles. The van der Waals surface area contributed by atoms with E-state index in [-0.39, 0.29) is 25.5 Å². The molecule has 5 aromatic rings. The van der Waals surface area contributed by atoms with Crippen molar-refractivity contribution in [1.82, 2.24) is 14.8 Å². The van der Waals surface area contributed by atoms with Crippen LogP contribution in [0.15, 0.2) is 109 Å². The van der Waals surface area contributed by atoms with Crippen LogP contribution in [-0.4, -0.2) is 14.8 Å². The van der Waals surface area contributed by atoms with Crippen LogP contribution in [0.2, 0.25) is 0 Å². The van der Waals surface area contributed by atoms with Gasteiger partial charge in [0.25, 0.3) is 0 Å². The maximum absolute atomic E-state index is 4.63. The van der Waals surface area contributed by atoms with E-state index in [0.29, 0.717) is 0 Å². The van der Waals surface area contributed by atoms with E-state index in [1.54, 1.807) is 6.20 Å². The van der Waals surface area contributed by atoms with Crippen LogP contribution in [0.25, 0.3) is 28.1 Å². The SMILES string of the molecule is CC(C)(C)Cc1c(-c2ccccc2)cnn1-c1[c-]cccc1.[Ir].[c-]1ccccc1-c1ccccn1. The van der Waals surface area contributed by atoms with Crippen molar-refractivity contribution in [3.8, 4) is 28.1 Å². The monoisotopic (exact) mass is 636 g/mol. The number of hydrogen-bond acceptors (Lipinski definition) is 2. The maximum Gasteiger partial charge on any atom is 0.0574 e. The Bertz CT molecular complexity index is 1180. The smallest absolute Gasteiger partial charge is 0.0574 e. The minimum atomic E-state index is 0. The number of nitrogens with zero attached hydrogens (tertiary/aromatic N) is 3. The van der Waals surface area contributed by atoms with Crippen LogP contribution in [0, 0.1) is 17.5 Å². The number of benzene rings is 3. The molecule has 0 spiro atoms. The zero-order chi connectivity index (χ0) is 23.8. The van der Waals surface area contributed by atoms with Gasteiger partial charge in [0.2, 0.25) is 0 Å². The van der Waals surface area contributed by atoms with Crippen molar-refractivity contribution in [2.45, 2.75) is 27.2 Å². The summed E-state index contributed by atoms with van der Waals surface area (Å²) in [6, 6.07) is 38.5. The average molecular weight is 636 g/mol. The molecule has 0 N–H and O–H groups in total. The summed E-state index contributed by atoms with van der Waals surface area (Å²) in [5.74, 6) is 0. The number of pyridine rings is 1. The summed E-state index contributed by atoms with van der Waals surface area (Å²) in [6.45, 7) is 6.77. The van der Waals surface area contributed by atoms with Crippen molar-refractivity contribution in [3.05, 3.63) is 127 Å². The molecule has 0 bridgehead atoms. The zero-order valence-corrected chi connectivity index (χ0v) is 22.7. The first kappa shape index (κ1) is 26.3. The van der Waals surface area contributed by atoms with Crippen molar-refractivity contribution in [2.75, 3.05) is 0 Å². The van der Waals surface area contributed by atoms with Gasteiger partial charge >= 0.3 is 0 Å². The molecule has 4 heteroatoms. The van der Waals surface area contributed by atoms with E-state index in [9.17, 15) is 0 Å². The Morgan fingerprint density at radius 1 is 0.771 bits per heavy atom. The number of aromatic nitrogens is 3. The molecule has 0 saturated carbocycles. The fourth-order valence-electron chi connectivity index (χ4n) is 3.70. The second kappa shape index (κ2) is 12.4. The van der Waals surface area contributed by atoms with E-state index in [2.05, 4.69) is 67.3 Å².